The average Bonchev–Trinajstić information content (AvgIpc) is 2.24. The number of nitrogens with one attached hydrogen (secondary N) is 1. The highest BCUT2D eigenvalue weighted by Gasteiger charge is 2.03. The predicted octanol–water partition coefficient (Wildman–Crippen LogP) is 1.35. The molecule has 1 rings (SSSR count). The quantitative estimate of drug-likeness (QED) is 0.721. The fourth-order valence-electron chi connectivity index (χ4n) is 1.41. The Bertz CT molecular complexity index is 329. The van der Waals surface area contributed by atoms with E-state index in [1.807, 2.05) is 6.07 Å². The summed E-state index contributed by atoms with van der Waals surface area (Å²) in [7, 11) is 1.45. The van der Waals surface area contributed by atoms with E-state index in [9.17, 15) is 4.39 Å². The largest absolute Gasteiger partial charge is 0.494 e. The second kappa shape index (κ2) is 6.45. The summed E-state index contributed by atoms with van der Waals surface area (Å²) < 4.78 is 18.1. The molecule has 0 bridgehead atoms. The van der Waals surface area contributed by atoms with E-state index in [1.54, 1.807) is 13.0 Å². The second-order valence-electron chi connectivity index (χ2n) is 3.77. The number of methoxy groups -OCH3 is 1. The Kier molecular flexibility index (Phi) is 5.22. The third-order valence-electron chi connectivity index (χ3n) is 2.25. The van der Waals surface area contributed by atoms with Crippen LogP contribution in [0.4, 0.5) is 4.39 Å². The van der Waals surface area contributed by atoms with Crippen molar-refractivity contribution in [2.75, 3.05) is 20.2 Å². The molecule has 1 atom stereocenters. The molecule has 4 heteroatoms. The molecule has 0 aliphatic heterocycles. The molecule has 0 amide bonds. The first kappa shape index (κ1) is 12.9. The second-order valence-corrected chi connectivity index (χ2v) is 3.77. The van der Waals surface area contributed by atoms with E-state index in [0.717, 1.165) is 18.5 Å². The lowest BCUT2D eigenvalue weighted by atomic mass is 10.1. The third-order valence-corrected chi connectivity index (χ3v) is 2.25. The zero-order valence-electron chi connectivity index (χ0n) is 9.66. The molecule has 1 unspecified atom stereocenters. The summed E-state index contributed by atoms with van der Waals surface area (Å²) in [5.74, 6) is -0.0729. The van der Waals surface area contributed by atoms with Gasteiger partial charge >= 0.3 is 0 Å². The van der Waals surface area contributed by atoms with Gasteiger partial charge in [0.2, 0.25) is 0 Å². The number of hydrogen-bond acceptors (Lipinski definition) is 3. The van der Waals surface area contributed by atoms with Crippen LogP contribution in [0.1, 0.15) is 12.5 Å². The van der Waals surface area contributed by atoms with E-state index in [2.05, 4.69) is 5.32 Å². The van der Waals surface area contributed by atoms with Crippen LogP contribution in [0.2, 0.25) is 0 Å². The van der Waals surface area contributed by atoms with E-state index in [1.165, 1.54) is 13.2 Å². The standard InChI is InChI=1S/C12H18FNO2/c1-9(15)8-14-6-5-10-3-4-12(16-2)11(13)7-10/h3-4,7,9,14-15H,5-6,8H2,1-2H3. The van der Waals surface area contributed by atoms with E-state index >= 15 is 0 Å². The van der Waals surface area contributed by atoms with Gasteiger partial charge < -0.3 is 15.2 Å². The molecule has 0 radical (unpaired) electrons. The van der Waals surface area contributed by atoms with E-state index < -0.39 is 0 Å². The van der Waals surface area contributed by atoms with Crippen LogP contribution in [-0.4, -0.2) is 31.4 Å². The maximum absolute atomic E-state index is 13.3. The number of aliphatic hydroxyl groups excluding tert-OH is 1. The minimum atomic E-state index is -0.354. The van der Waals surface area contributed by atoms with Crippen molar-refractivity contribution < 1.29 is 14.2 Å². The maximum Gasteiger partial charge on any atom is 0.165 e. The Morgan fingerprint density at radius 1 is 1.50 bits per heavy atom. The van der Waals surface area contributed by atoms with Gasteiger partial charge in [0, 0.05) is 6.54 Å². The highest BCUT2D eigenvalue weighted by atomic mass is 19.1. The first-order valence-corrected chi connectivity index (χ1v) is 5.34. The number of aliphatic hydroxyl groups is 1. The average molecular weight is 227 g/mol. The molecule has 0 saturated carbocycles. The normalized spacial score (nSPS) is 12.5. The molecule has 90 valence electrons. The van der Waals surface area contributed by atoms with Gasteiger partial charge in [0.25, 0.3) is 0 Å². The zero-order chi connectivity index (χ0) is 12.0. The zero-order valence-corrected chi connectivity index (χ0v) is 9.66. The van der Waals surface area contributed by atoms with Crippen molar-refractivity contribution in [2.45, 2.75) is 19.4 Å². The van der Waals surface area contributed by atoms with Crippen molar-refractivity contribution in [2.24, 2.45) is 0 Å². The van der Waals surface area contributed by atoms with Crippen molar-refractivity contribution in [3.63, 3.8) is 0 Å². The molecule has 0 aromatic heterocycles. The Hall–Kier alpha value is -1.13. The Labute approximate surface area is 95.2 Å². The summed E-state index contributed by atoms with van der Waals surface area (Å²) in [4.78, 5) is 0. The molecule has 1 aromatic rings. The van der Waals surface area contributed by atoms with Crippen LogP contribution in [0, 0.1) is 5.82 Å². The SMILES string of the molecule is COc1ccc(CCNCC(C)O)cc1F. The van der Waals surface area contributed by atoms with Crippen molar-refractivity contribution in [3.8, 4) is 5.75 Å². The summed E-state index contributed by atoms with van der Waals surface area (Å²) in [6, 6.07) is 4.94. The molecule has 3 nitrogen and oxygen atoms in total. The van der Waals surface area contributed by atoms with Crippen molar-refractivity contribution in [1.82, 2.24) is 5.32 Å². The highest BCUT2D eigenvalue weighted by molar-refractivity contribution is 5.29. The Balaban J connectivity index is 2.40. The van der Waals surface area contributed by atoms with E-state index in [-0.39, 0.29) is 17.7 Å². The van der Waals surface area contributed by atoms with Gasteiger partial charge in [0.1, 0.15) is 0 Å². The predicted molar refractivity (Wildman–Crippen MR) is 61.2 cm³/mol. The van der Waals surface area contributed by atoms with Gasteiger partial charge in [-0.3, -0.25) is 0 Å². The fourth-order valence-corrected chi connectivity index (χ4v) is 1.41. The number of hydrogen-bond donors (Lipinski definition) is 2. The summed E-state index contributed by atoms with van der Waals surface area (Å²) in [6.45, 7) is 3.00. The summed E-state index contributed by atoms with van der Waals surface area (Å²) in [6.07, 6.45) is 0.376. The van der Waals surface area contributed by atoms with Crippen molar-refractivity contribution in [3.05, 3.63) is 29.6 Å². The molecule has 1 aromatic carbocycles. The van der Waals surface area contributed by atoms with Crippen molar-refractivity contribution >= 4 is 0 Å². The number of rotatable bonds is 6. The van der Waals surface area contributed by atoms with Gasteiger partial charge in [-0.1, -0.05) is 6.07 Å². The van der Waals surface area contributed by atoms with Gasteiger partial charge in [-0.2, -0.15) is 0 Å². The number of halogens is 1. The lowest BCUT2D eigenvalue weighted by Gasteiger charge is -2.08. The van der Waals surface area contributed by atoms with E-state index in [0.29, 0.717) is 6.54 Å². The van der Waals surface area contributed by atoms with E-state index in [4.69, 9.17) is 9.84 Å². The number of ether oxygens (including phenoxy) is 1. The monoisotopic (exact) mass is 227 g/mol. The Morgan fingerprint density at radius 2 is 2.25 bits per heavy atom. The van der Waals surface area contributed by atoms with Gasteiger partial charge in [0.15, 0.2) is 11.6 Å². The van der Waals surface area contributed by atoms with Crippen LogP contribution in [0.25, 0.3) is 0 Å². The lowest BCUT2D eigenvalue weighted by molar-refractivity contribution is 0.191. The van der Waals surface area contributed by atoms with Crippen LogP contribution in [0.3, 0.4) is 0 Å². The first-order chi connectivity index (χ1) is 7.63. The number of benzene rings is 1. The van der Waals surface area contributed by atoms with Crippen LogP contribution in [0.5, 0.6) is 5.75 Å². The summed E-state index contributed by atoms with van der Waals surface area (Å²) in [5, 5.41) is 12.1. The topological polar surface area (TPSA) is 41.5 Å². The van der Waals surface area contributed by atoms with Gasteiger partial charge in [-0.05, 0) is 37.6 Å². The van der Waals surface area contributed by atoms with Gasteiger partial charge in [-0.25, -0.2) is 4.39 Å². The van der Waals surface area contributed by atoms with Crippen LogP contribution < -0.4 is 10.1 Å². The van der Waals surface area contributed by atoms with Crippen molar-refractivity contribution in [1.29, 1.82) is 0 Å². The third kappa shape index (κ3) is 4.16. The van der Waals surface area contributed by atoms with Crippen LogP contribution >= 0.6 is 0 Å². The molecular weight excluding hydrogens is 209 g/mol. The first-order valence-electron chi connectivity index (χ1n) is 5.34. The fraction of sp³-hybridized carbons (Fsp3) is 0.500. The molecule has 0 aliphatic rings. The molecule has 0 fully saturated rings. The smallest absolute Gasteiger partial charge is 0.165 e. The highest BCUT2D eigenvalue weighted by Crippen LogP contribution is 2.17. The molecule has 0 heterocycles. The molecule has 0 saturated heterocycles. The molecular formula is C12H18FNO2. The molecule has 2 N–H and O–H groups in total. The minimum absolute atomic E-state index is 0.265. The molecule has 0 spiro atoms. The molecule has 0 aliphatic carbocycles. The van der Waals surface area contributed by atoms with Gasteiger partial charge in [-0.15, -0.1) is 0 Å². The molecule has 16 heavy (non-hydrogen) atoms. The summed E-state index contributed by atoms with van der Waals surface area (Å²) >= 11 is 0. The lowest BCUT2D eigenvalue weighted by Crippen LogP contribution is -2.26. The Morgan fingerprint density at radius 3 is 2.81 bits per heavy atom. The van der Waals surface area contributed by atoms with Gasteiger partial charge in [0.05, 0.1) is 13.2 Å². The van der Waals surface area contributed by atoms with Crippen LogP contribution in [0.15, 0.2) is 18.2 Å². The van der Waals surface area contributed by atoms with Crippen LogP contribution in [-0.2, 0) is 6.42 Å². The minimum Gasteiger partial charge on any atom is -0.494 e. The maximum atomic E-state index is 13.3. The summed E-state index contributed by atoms with van der Waals surface area (Å²) in [5.41, 5.74) is 0.913.